The van der Waals surface area contributed by atoms with Crippen LogP contribution in [-0.4, -0.2) is 16.6 Å². The molecule has 0 radical (unpaired) electrons. The summed E-state index contributed by atoms with van der Waals surface area (Å²) in [5.41, 5.74) is 0.661. The van der Waals surface area contributed by atoms with E-state index in [9.17, 15) is 19.3 Å². The largest absolute Gasteiger partial charge is 0.351 e. The molecule has 0 unspecified atom stereocenters. The summed E-state index contributed by atoms with van der Waals surface area (Å²) in [6, 6.07) is 10.3. The van der Waals surface area contributed by atoms with E-state index in [2.05, 4.69) is 21.2 Å². The van der Waals surface area contributed by atoms with E-state index >= 15 is 0 Å². The monoisotopic (exact) mass is 398 g/mol. The average molecular weight is 399 g/mol. The van der Waals surface area contributed by atoms with Crippen molar-refractivity contribution in [2.24, 2.45) is 0 Å². The zero-order valence-corrected chi connectivity index (χ0v) is 14.2. The average Bonchev–Trinajstić information content (AvgIpc) is 2.54. The predicted molar refractivity (Wildman–Crippen MR) is 89.8 cm³/mol. The lowest BCUT2D eigenvalue weighted by Gasteiger charge is -2.07. The Kier molecular flexibility index (Phi) is 6.12. The lowest BCUT2D eigenvalue weighted by molar-refractivity contribution is -0.384. The number of nitrogens with one attached hydrogen (secondary N) is 1. The molecule has 0 spiro atoms. The van der Waals surface area contributed by atoms with Gasteiger partial charge in [-0.1, -0.05) is 15.9 Å². The fourth-order valence-corrected chi connectivity index (χ4v) is 2.85. The molecule has 0 bridgehead atoms. The molecule has 0 aromatic heterocycles. The summed E-state index contributed by atoms with van der Waals surface area (Å²) >= 11 is 4.57. The smallest absolute Gasteiger partial charge is 0.269 e. The van der Waals surface area contributed by atoms with Gasteiger partial charge in [-0.25, -0.2) is 4.39 Å². The number of hydrogen-bond acceptors (Lipinski definition) is 4. The van der Waals surface area contributed by atoms with Crippen molar-refractivity contribution >= 4 is 39.3 Å². The quantitative estimate of drug-likeness (QED) is 0.454. The number of nitro benzene ring substituents is 1. The third-order valence-corrected chi connectivity index (χ3v) is 4.69. The second kappa shape index (κ2) is 8.07. The normalized spacial score (nSPS) is 10.3. The van der Waals surface area contributed by atoms with Gasteiger partial charge in [0.1, 0.15) is 5.82 Å². The summed E-state index contributed by atoms with van der Waals surface area (Å²) < 4.78 is 13.9. The maximum Gasteiger partial charge on any atom is 0.269 e. The highest BCUT2D eigenvalue weighted by atomic mass is 79.9. The lowest BCUT2D eigenvalue weighted by atomic mass is 10.2. The predicted octanol–water partition coefficient (Wildman–Crippen LogP) is 3.90. The number of benzene rings is 2. The van der Waals surface area contributed by atoms with E-state index in [1.54, 1.807) is 18.2 Å². The highest BCUT2D eigenvalue weighted by Gasteiger charge is 2.08. The number of nitrogens with zero attached hydrogens (tertiary/aromatic N) is 1. The number of thioether (sulfide) groups is 1. The van der Waals surface area contributed by atoms with Gasteiger partial charge in [-0.05, 0) is 35.9 Å². The lowest BCUT2D eigenvalue weighted by Crippen LogP contribution is -2.24. The van der Waals surface area contributed by atoms with Crippen LogP contribution in [0, 0.1) is 15.9 Å². The van der Waals surface area contributed by atoms with Gasteiger partial charge in [0.2, 0.25) is 5.91 Å². The van der Waals surface area contributed by atoms with Crippen LogP contribution >= 0.6 is 27.7 Å². The van der Waals surface area contributed by atoms with Crippen molar-refractivity contribution in [2.45, 2.75) is 11.4 Å². The van der Waals surface area contributed by atoms with Crippen LogP contribution in [0.3, 0.4) is 0 Å². The maximum atomic E-state index is 13.1. The van der Waals surface area contributed by atoms with Crippen LogP contribution < -0.4 is 5.32 Å². The number of amides is 1. The van der Waals surface area contributed by atoms with Crippen LogP contribution in [0.25, 0.3) is 0 Å². The molecule has 1 amide bonds. The molecule has 120 valence electrons. The summed E-state index contributed by atoms with van der Waals surface area (Å²) in [6.07, 6.45) is 0. The second-order valence-electron chi connectivity index (χ2n) is 4.55. The van der Waals surface area contributed by atoms with Crippen LogP contribution in [0.2, 0.25) is 0 Å². The first-order valence-electron chi connectivity index (χ1n) is 6.53. The molecule has 0 aliphatic heterocycles. The van der Waals surface area contributed by atoms with Gasteiger partial charge in [0, 0.05) is 28.0 Å². The van der Waals surface area contributed by atoms with Gasteiger partial charge in [-0.15, -0.1) is 11.8 Å². The Labute approximate surface area is 144 Å². The highest BCUT2D eigenvalue weighted by molar-refractivity contribution is 9.10. The number of carbonyl (C=O) groups excluding carboxylic acids is 1. The minimum atomic E-state index is -0.474. The van der Waals surface area contributed by atoms with Crippen LogP contribution in [0.4, 0.5) is 10.1 Å². The number of halogens is 2. The van der Waals surface area contributed by atoms with Gasteiger partial charge >= 0.3 is 0 Å². The summed E-state index contributed by atoms with van der Waals surface area (Å²) in [7, 11) is 0. The summed E-state index contributed by atoms with van der Waals surface area (Å²) in [6.45, 7) is 0.220. The summed E-state index contributed by atoms with van der Waals surface area (Å²) in [5.74, 6) is -0.396. The number of nitro groups is 1. The Balaban J connectivity index is 1.83. The number of non-ortho nitro benzene ring substituents is 1. The van der Waals surface area contributed by atoms with E-state index in [1.165, 1.54) is 36.0 Å². The van der Waals surface area contributed by atoms with E-state index in [1.807, 2.05) is 0 Å². The van der Waals surface area contributed by atoms with E-state index in [0.29, 0.717) is 5.56 Å². The van der Waals surface area contributed by atoms with Crippen molar-refractivity contribution in [3.05, 3.63) is 68.4 Å². The van der Waals surface area contributed by atoms with E-state index < -0.39 is 4.92 Å². The molecule has 0 aliphatic rings. The highest BCUT2D eigenvalue weighted by Crippen LogP contribution is 2.21. The minimum Gasteiger partial charge on any atom is -0.351 e. The molecule has 2 aromatic carbocycles. The molecule has 0 heterocycles. The Morgan fingerprint density at radius 1 is 1.26 bits per heavy atom. The molecule has 0 saturated heterocycles. The molecule has 23 heavy (non-hydrogen) atoms. The molecule has 1 N–H and O–H groups in total. The van der Waals surface area contributed by atoms with E-state index in [-0.39, 0.29) is 29.7 Å². The summed E-state index contributed by atoms with van der Waals surface area (Å²) in [4.78, 5) is 22.7. The number of carbonyl (C=O) groups is 1. The Morgan fingerprint density at radius 2 is 1.96 bits per heavy atom. The van der Waals surface area contributed by atoms with Crippen molar-refractivity contribution < 1.29 is 14.1 Å². The van der Waals surface area contributed by atoms with Gasteiger partial charge in [0.15, 0.2) is 0 Å². The SMILES string of the molecule is O=C(CSc1ccc([N+](=O)[O-])cc1)NCc1cc(F)ccc1Br. The van der Waals surface area contributed by atoms with E-state index in [0.717, 1.165) is 9.37 Å². The van der Waals surface area contributed by atoms with E-state index in [4.69, 9.17) is 0 Å². The fourth-order valence-electron chi connectivity index (χ4n) is 1.74. The van der Waals surface area contributed by atoms with Crippen LogP contribution in [-0.2, 0) is 11.3 Å². The number of hydrogen-bond donors (Lipinski definition) is 1. The molecular formula is C15H12BrFN2O3S. The Hall–Kier alpha value is -1.93. The van der Waals surface area contributed by atoms with Gasteiger partial charge in [0.25, 0.3) is 5.69 Å². The number of rotatable bonds is 6. The van der Waals surface area contributed by atoms with Crippen molar-refractivity contribution in [3.63, 3.8) is 0 Å². The first kappa shape index (κ1) is 17.4. The van der Waals surface area contributed by atoms with Gasteiger partial charge < -0.3 is 5.32 Å². The molecule has 2 rings (SSSR count). The van der Waals surface area contributed by atoms with Crippen LogP contribution in [0.5, 0.6) is 0 Å². The van der Waals surface area contributed by atoms with Gasteiger partial charge in [-0.3, -0.25) is 14.9 Å². The Morgan fingerprint density at radius 3 is 2.61 bits per heavy atom. The molecule has 2 aromatic rings. The van der Waals surface area contributed by atoms with Gasteiger partial charge in [0.05, 0.1) is 10.7 Å². The maximum absolute atomic E-state index is 13.1. The fraction of sp³-hybridized carbons (Fsp3) is 0.133. The topological polar surface area (TPSA) is 72.2 Å². The molecule has 0 fully saturated rings. The minimum absolute atomic E-state index is 0.00903. The standard InChI is InChI=1S/C15H12BrFN2O3S/c16-14-6-1-11(17)7-10(14)8-18-15(20)9-23-13-4-2-12(3-5-13)19(21)22/h1-7H,8-9H2,(H,18,20). The molecule has 0 saturated carbocycles. The van der Waals surface area contributed by atoms with Crippen molar-refractivity contribution in [1.29, 1.82) is 0 Å². The third-order valence-electron chi connectivity index (χ3n) is 2.90. The molecule has 8 heteroatoms. The zero-order valence-electron chi connectivity index (χ0n) is 11.8. The first-order chi connectivity index (χ1) is 11.0. The van der Waals surface area contributed by atoms with Gasteiger partial charge in [-0.2, -0.15) is 0 Å². The van der Waals surface area contributed by atoms with Crippen LogP contribution in [0.1, 0.15) is 5.56 Å². The van der Waals surface area contributed by atoms with Crippen LogP contribution in [0.15, 0.2) is 51.8 Å². The molecular weight excluding hydrogens is 387 g/mol. The molecule has 5 nitrogen and oxygen atoms in total. The van der Waals surface area contributed by atoms with Crippen molar-refractivity contribution in [2.75, 3.05) is 5.75 Å². The van der Waals surface area contributed by atoms with Crippen molar-refractivity contribution in [3.8, 4) is 0 Å². The molecule has 0 atom stereocenters. The third kappa shape index (κ3) is 5.33. The zero-order chi connectivity index (χ0) is 16.8. The Bertz CT molecular complexity index is 725. The summed E-state index contributed by atoms with van der Waals surface area (Å²) in [5, 5.41) is 13.3. The first-order valence-corrected chi connectivity index (χ1v) is 8.31. The van der Waals surface area contributed by atoms with Crippen molar-refractivity contribution in [1.82, 2.24) is 5.32 Å². The second-order valence-corrected chi connectivity index (χ2v) is 6.46. The molecule has 0 aliphatic carbocycles.